The van der Waals surface area contributed by atoms with Crippen LogP contribution in [0.25, 0.3) is 5.95 Å². The molecule has 0 radical (unpaired) electrons. The molecular formula is C17H11BrF6N6O. The molecule has 1 aromatic carbocycles. The third-order valence-corrected chi connectivity index (χ3v) is 4.42. The van der Waals surface area contributed by atoms with Crippen molar-refractivity contribution < 1.29 is 31.1 Å². The molecule has 14 heteroatoms. The minimum Gasteiger partial charge on any atom is -0.342 e. The van der Waals surface area contributed by atoms with Crippen molar-refractivity contribution in [3.05, 3.63) is 63.9 Å². The summed E-state index contributed by atoms with van der Waals surface area (Å²) >= 11 is 3.14. The summed E-state index contributed by atoms with van der Waals surface area (Å²) in [6, 6.07) is 1.24. The van der Waals surface area contributed by atoms with Crippen molar-refractivity contribution in [3.8, 4) is 5.95 Å². The molecule has 0 saturated heterocycles. The van der Waals surface area contributed by atoms with E-state index in [-0.39, 0.29) is 22.6 Å². The maximum Gasteiger partial charge on any atom is 0.416 e. The highest BCUT2D eigenvalue weighted by atomic mass is 79.9. The number of hydrogen-bond donors (Lipinski definition) is 1. The monoisotopic (exact) mass is 508 g/mol. The van der Waals surface area contributed by atoms with Crippen molar-refractivity contribution >= 4 is 21.8 Å². The Bertz CT molecular complexity index is 1070. The lowest BCUT2D eigenvalue weighted by atomic mass is 10.0. The van der Waals surface area contributed by atoms with Crippen LogP contribution in [0, 0.1) is 0 Å². The molecule has 3 aromatic rings. The molecule has 164 valence electrons. The lowest BCUT2D eigenvalue weighted by molar-refractivity contribution is -0.143. The van der Waals surface area contributed by atoms with Gasteiger partial charge in [-0.05, 0) is 47.1 Å². The Morgan fingerprint density at radius 1 is 1.03 bits per heavy atom. The summed E-state index contributed by atoms with van der Waals surface area (Å²) in [7, 11) is 0. The Balaban J connectivity index is 1.88. The van der Waals surface area contributed by atoms with Crippen molar-refractivity contribution in [2.45, 2.75) is 25.3 Å². The van der Waals surface area contributed by atoms with Crippen molar-refractivity contribution in [1.29, 1.82) is 0 Å². The molecule has 2 heterocycles. The van der Waals surface area contributed by atoms with Crippen molar-refractivity contribution in [3.63, 3.8) is 0 Å². The second-order valence-electron chi connectivity index (χ2n) is 6.19. The first-order valence-corrected chi connectivity index (χ1v) is 9.16. The van der Waals surface area contributed by atoms with E-state index in [1.165, 1.54) is 24.0 Å². The molecule has 1 unspecified atom stereocenters. The molecule has 0 aliphatic rings. The molecule has 3 rings (SSSR count). The largest absolute Gasteiger partial charge is 0.416 e. The lowest BCUT2D eigenvalue weighted by Gasteiger charge is -2.15. The van der Waals surface area contributed by atoms with Crippen LogP contribution in [0.5, 0.6) is 0 Å². The smallest absolute Gasteiger partial charge is 0.342 e. The Morgan fingerprint density at radius 2 is 1.58 bits per heavy atom. The van der Waals surface area contributed by atoms with Crippen molar-refractivity contribution in [2.75, 3.05) is 0 Å². The molecule has 31 heavy (non-hydrogen) atoms. The molecule has 1 N–H and O–H groups in total. The molecule has 0 bridgehead atoms. The van der Waals surface area contributed by atoms with Gasteiger partial charge >= 0.3 is 12.4 Å². The first-order chi connectivity index (χ1) is 14.4. The number of aromatic nitrogens is 5. The average molecular weight is 509 g/mol. The van der Waals surface area contributed by atoms with Crippen LogP contribution >= 0.6 is 15.9 Å². The highest BCUT2D eigenvalue weighted by Gasteiger charge is 2.37. The zero-order valence-electron chi connectivity index (χ0n) is 15.3. The normalized spacial score (nSPS) is 13.2. The van der Waals surface area contributed by atoms with E-state index in [1.807, 2.05) is 0 Å². The van der Waals surface area contributed by atoms with Crippen LogP contribution in [-0.4, -0.2) is 30.6 Å². The Labute approximate surface area is 178 Å². The fourth-order valence-corrected chi connectivity index (χ4v) is 2.87. The summed E-state index contributed by atoms with van der Waals surface area (Å²) in [6.45, 7) is 1.41. The number of rotatable bonds is 4. The van der Waals surface area contributed by atoms with Crippen LogP contribution in [-0.2, 0) is 12.4 Å². The van der Waals surface area contributed by atoms with E-state index in [9.17, 15) is 31.1 Å². The topological polar surface area (TPSA) is 85.6 Å². The standard InChI is InChI=1S/C17H11BrF6N6O/c1-8(12-28-14(18)30(29-12)15-25-3-2-4-26-15)27-13(31)9-5-10(16(19,20)21)7-11(6-9)17(22,23)24/h2-8H,1H3,(H,27,31). The van der Waals surface area contributed by atoms with Gasteiger partial charge in [0.25, 0.3) is 11.9 Å². The molecular weight excluding hydrogens is 498 g/mol. The van der Waals surface area contributed by atoms with Gasteiger partial charge in [0.05, 0.1) is 17.2 Å². The van der Waals surface area contributed by atoms with E-state index in [4.69, 9.17) is 0 Å². The molecule has 0 saturated carbocycles. The van der Waals surface area contributed by atoms with Gasteiger partial charge in [-0.1, -0.05) is 0 Å². The molecule has 7 nitrogen and oxygen atoms in total. The van der Waals surface area contributed by atoms with Crippen LogP contribution in [0.3, 0.4) is 0 Å². The molecule has 1 amide bonds. The van der Waals surface area contributed by atoms with Gasteiger partial charge in [0.1, 0.15) is 0 Å². The number of carbonyl (C=O) groups excluding carboxylic acids is 1. The van der Waals surface area contributed by atoms with E-state index in [1.54, 1.807) is 6.07 Å². The lowest BCUT2D eigenvalue weighted by Crippen LogP contribution is -2.28. The Kier molecular flexibility index (Phi) is 6.02. The van der Waals surface area contributed by atoms with Crippen molar-refractivity contribution in [1.82, 2.24) is 30.0 Å². The quantitative estimate of drug-likeness (QED) is 0.529. The third-order valence-electron chi connectivity index (χ3n) is 3.91. The number of nitrogens with zero attached hydrogens (tertiary/aromatic N) is 5. The molecule has 1 atom stereocenters. The van der Waals surface area contributed by atoms with Gasteiger partial charge in [0.15, 0.2) is 5.82 Å². The third kappa shape index (κ3) is 5.18. The first-order valence-electron chi connectivity index (χ1n) is 8.36. The van der Waals surface area contributed by atoms with Crippen LogP contribution in [0.2, 0.25) is 0 Å². The number of carbonyl (C=O) groups is 1. The molecule has 0 fully saturated rings. The van der Waals surface area contributed by atoms with Gasteiger partial charge in [-0.2, -0.15) is 31.0 Å². The predicted octanol–water partition coefficient (Wildman–Crippen LogP) is 4.35. The van der Waals surface area contributed by atoms with Crippen LogP contribution < -0.4 is 5.32 Å². The van der Waals surface area contributed by atoms with E-state index in [2.05, 4.69) is 41.3 Å². The highest BCUT2D eigenvalue weighted by molar-refractivity contribution is 9.10. The first kappa shape index (κ1) is 22.7. The fraction of sp³-hybridized carbons (Fsp3) is 0.235. The number of amides is 1. The Hall–Kier alpha value is -3.03. The van der Waals surface area contributed by atoms with Crippen LogP contribution in [0.1, 0.15) is 40.3 Å². The fourth-order valence-electron chi connectivity index (χ4n) is 2.45. The number of nitrogens with one attached hydrogen (secondary N) is 1. The molecule has 0 spiro atoms. The van der Waals surface area contributed by atoms with Gasteiger partial charge in [0.2, 0.25) is 4.73 Å². The van der Waals surface area contributed by atoms with Gasteiger partial charge in [-0.25, -0.2) is 15.0 Å². The molecule has 2 aromatic heterocycles. The maximum atomic E-state index is 13.0. The summed E-state index contributed by atoms with van der Waals surface area (Å²) in [6.07, 6.45) is -7.23. The second-order valence-corrected chi connectivity index (χ2v) is 6.90. The SMILES string of the molecule is CC(NC(=O)c1cc(C(F)(F)F)cc(C(F)(F)F)c1)c1nc(Br)n(-c2ncccn2)n1. The summed E-state index contributed by atoms with van der Waals surface area (Å²) in [5.41, 5.74) is -3.99. The maximum absolute atomic E-state index is 13.0. The summed E-state index contributed by atoms with van der Waals surface area (Å²) < 4.78 is 79.4. The predicted molar refractivity (Wildman–Crippen MR) is 97.0 cm³/mol. The van der Waals surface area contributed by atoms with Gasteiger partial charge < -0.3 is 5.32 Å². The van der Waals surface area contributed by atoms with E-state index < -0.39 is 41.0 Å². The van der Waals surface area contributed by atoms with E-state index in [0.717, 1.165) is 0 Å². The van der Waals surface area contributed by atoms with Crippen LogP contribution in [0.4, 0.5) is 26.3 Å². The molecule has 0 aliphatic heterocycles. The number of benzene rings is 1. The summed E-state index contributed by atoms with van der Waals surface area (Å²) in [5, 5.41) is 6.39. The number of hydrogen-bond acceptors (Lipinski definition) is 5. The minimum absolute atomic E-state index is 0.0238. The Morgan fingerprint density at radius 3 is 2.10 bits per heavy atom. The molecule has 0 aliphatic carbocycles. The second kappa shape index (κ2) is 8.24. The number of alkyl halides is 6. The van der Waals surface area contributed by atoms with Crippen molar-refractivity contribution in [2.24, 2.45) is 0 Å². The zero-order chi connectivity index (χ0) is 23.0. The summed E-state index contributed by atoms with van der Waals surface area (Å²) in [4.78, 5) is 24.4. The van der Waals surface area contributed by atoms with Crippen LogP contribution in [0.15, 0.2) is 41.4 Å². The van der Waals surface area contributed by atoms with E-state index in [0.29, 0.717) is 12.1 Å². The van der Waals surface area contributed by atoms with Gasteiger partial charge in [-0.15, -0.1) is 5.10 Å². The minimum atomic E-state index is -5.07. The van der Waals surface area contributed by atoms with Gasteiger partial charge in [-0.3, -0.25) is 4.79 Å². The van der Waals surface area contributed by atoms with E-state index >= 15 is 0 Å². The average Bonchev–Trinajstić information content (AvgIpc) is 3.09. The number of halogens is 7. The summed E-state index contributed by atoms with van der Waals surface area (Å²) in [5.74, 6) is -0.984. The zero-order valence-corrected chi connectivity index (χ0v) is 16.9. The highest BCUT2D eigenvalue weighted by Crippen LogP contribution is 2.36. The van der Waals surface area contributed by atoms with Gasteiger partial charge in [0, 0.05) is 18.0 Å².